The van der Waals surface area contributed by atoms with Crippen LogP contribution in [0.2, 0.25) is 0 Å². The van der Waals surface area contributed by atoms with Gasteiger partial charge in [0.2, 0.25) is 9.05 Å². The van der Waals surface area contributed by atoms with Crippen LogP contribution in [0.4, 0.5) is 0 Å². The minimum Gasteiger partial charge on any atom is -0.240 e. The van der Waals surface area contributed by atoms with Crippen molar-refractivity contribution in [3.63, 3.8) is 0 Å². The van der Waals surface area contributed by atoms with Crippen LogP contribution in [0, 0.1) is 0 Å². The van der Waals surface area contributed by atoms with Gasteiger partial charge in [0, 0.05) is 34.1 Å². The topological polar surface area (TPSA) is 59.9 Å². The van der Waals surface area contributed by atoms with Crippen molar-refractivity contribution in [2.45, 2.75) is 31.9 Å². The minimum atomic E-state index is -3.53. The van der Waals surface area contributed by atoms with E-state index in [1.807, 2.05) is 20.8 Å². The van der Waals surface area contributed by atoms with Gasteiger partial charge in [0.05, 0.1) is 5.75 Å². The van der Waals surface area contributed by atoms with Gasteiger partial charge in [-0.15, -0.1) is 0 Å². The highest BCUT2D eigenvalue weighted by Crippen LogP contribution is 2.17. The zero-order valence-corrected chi connectivity index (χ0v) is 10.4. The molecule has 1 aromatic rings. The summed E-state index contributed by atoms with van der Waals surface area (Å²) in [4.78, 5) is 8.20. The maximum absolute atomic E-state index is 10.8. The lowest BCUT2D eigenvalue weighted by atomic mass is 9.96. The number of hydrogen-bond acceptors (Lipinski definition) is 4. The Hall–Kier alpha value is -0.680. The third kappa shape index (κ3) is 4.13. The van der Waals surface area contributed by atoms with Gasteiger partial charge in [0.15, 0.2) is 0 Å². The summed E-state index contributed by atoms with van der Waals surface area (Å²) < 4.78 is 21.6. The molecular weight excluding hydrogens is 236 g/mol. The third-order valence-corrected chi connectivity index (χ3v) is 2.72. The van der Waals surface area contributed by atoms with E-state index in [-0.39, 0.29) is 11.2 Å². The summed E-state index contributed by atoms with van der Waals surface area (Å²) in [7, 11) is 1.58. The van der Waals surface area contributed by atoms with Crippen molar-refractivity contribution in [3.05, 3.63) is 23.8 Å². The Morgan fingerprint density at radius 2 is 1.73 bits per heavy atom. The molecule has 0 fully saturated rings. The Morgan fingerprint density at radius 3 is 2.07 bits per heavy atom. The molecule has 0 unspecified atom stereocenters. The molecule has 0 radical (unpaired) electrons. The van der Waals surface area contributed by atoms with Crippen LogP contribution < -0.4 is 0 Å². The second-order valence-corrected chi connectivity index (χ2v) is 7.13. The summed E-state index contributed by atoms with van der Waals surface area (Å²) in [5.41, 5.74) is 0.358. The molecule has 0 N–H and O–H groups in total. The molecule has 0 spiro atoms. The van der Waals surface area contributed by atoms with Crippen molar-refractivity contribution in [2.75, 3.05) is 0 Å². The van der Waals surface area contributed by atoms with Gasteiger partial charge < -0.3 is 0 Å². The summed E-state index contributed by atoms with van der Waals surface area (Å²) in [5, 5.41) is 0. The Bertz CT molecular complexity index is 434. The molecular formula is C9H13ClN2O2S. The number of aromatic nitrogens is 2. The van der Waals surface area contributed by atoms with E-state index in [0.29, 0.717) is 11.4 Å². The second-order valence-electron chi connectivity index (χ2n) is 4.35. The molecule has 0 aliphatic carbocycles. The first-order valence-corrected chi connectivity index (χ1v) is 6.90. The van der Waals surface area contributed by atoms with Crippen LogP contribution in [-0.4, -0.2) is 18.4 Å². The van der Waals surface area contributed by atoms with Gasteiger partial charge >= 0.3 is 0 Å². The maximum Gasteiger partial charge on any atom is 0.236 e. The van der Waals surface area contributed by atoms with E-state index in [1.165, 1.54) is 12.4 Å². The largest absolute Gasteiger partial charge is 0.240 e. The quantitative estimate of drug-likeness (QED) is 0.750. The van der Waals surface area contributed by atoms with E-state index in [0.717, 1.165) is 0 Å². The van der Waals surface area contributed by atoms with Crippen LogP contribution in [0.15, 0.2) is 12.4 Å². The lowest BCUT2D eigenvalue weighted by Crippen LogP contribution is -2.16. The molecule has 15 heavy (non-hydrogen) atoms. The molecule has 4 nitrogen and oxygen atoms in total. The smallest absolute Gasteiger partial charge is 0.236 e. The summed E-state index contributed by atoms with van der Waals surface area (Å²) in [6, 6.07) is 0. The third-order valence-electron chi connectivity index (χ3n) is 1.72. The highest BCUT2D eigenvalue weighted by atomic mass is 35.7. The van der Waals surface area contributed by atoms with Crippen molar-refractivity contribution < 1.29 is 8.42 Å². The van der Waals surface area contributed by atoms with E-state index in [4.69, 9.17) is 10.7 Å². The van der Waals surface area contributed by atoms with Crippen molar-refractivity contribution in [3.8, 4) is 0 Å². The summed E-state index contributed by atoms with van der Waals surface area (Å²) in [6.07, 6.45) is 2.99. The Balaban J connectivity index is 2.91. The molecule has 0 aromatic carbocycles. The van der Waals surface area contributed by atoms with Gasteiger partial charge in [0.25, 0.3) is 0 Å². The molecule has 0 saturated carbocycles. The molecule has 1 rings (SSSR count). The number of hydrogen-bond donors (Lipinski definition) is 0. The molecule has 0 atom stereocenters. The van der Waals surface area contributed by atoms with E-state index >= 15 is 0 Å². The Morgan fingerprint density at radius 1 is 1.27 bits per heavy atom. The molecule has 1 heterocycles. The average molecular weight is 249 g/mol. The highest BCUT2D eigenvalue weighted by Gasteiger charge is 2.17. The fourth-order valence-corrected chi connectivity index (χ4v) is 1.94. The van der Waals surface area contributed by atoms with Gasteiger partial charge in [-0.2, -0.15) is 0 Å². The van der Waals surface area contributed by atoms with Crippen LogP contribution in [0.25, 0.3) is 0 Å². The number of halogens is 1. The lowest BCUT2D eigenvalue weighted by Gasteiger charge is -2.15. The molecule has 0 bridgehead atoms. The van der Waals surface area contributed by atoms with Gasteiger partial charge in [-0.05, 0) is 0 Å². The summed E-state index contributed by atoms with van der Waals surface area (Å²) in [6.45, 7) is 5.96. The first-order chi connectivity index (χ1) is 6.68. The van der Waals surface area contributed by atoms with Crippen molar-refractivity contribution in [1.29, 1.82) is 0 Å². The average Bonchev–Trinajstić information content (AvgIpc) is 2.00. The maximum atomic E-state index is 10.8. The van der Waals surface area contributed by atoms with Crippen LogP contribution >= 0.6 is 10.7 Å². The Kier molecular flexibility index (Phi) is 3.35. The predicted octanol–water partition coefficient (Wildman–Crippen LogP) is 1.84. The van der Waals surface area contributed by atoms with E-state index < -0.39 is 9.05 Å². The van der Waals surface area contributed by atoms with E-state index in [9.17, 15) is 8.42 Å². The summed E-state index contributed by atoms with van der Waals surface area (Å²) in [5.74, 6) is 0.442. The number of nitrogens with zero attached hydrogens (tertiary/aromatic N) is 2. The predicted molar refractivity (Wildman–Crippen MR) is 59.2 cm³/mol. The standard InChI is InChI=1S/C9H13ClN2O2S/c1-9(2,3)8-11-4-7(5-12-8)6-15(10,13)14/h4-5H,6H2,1-3H3. The first-order valence-electron chi connectivity index (χ1n) is 4.42. The van der Waals surface area contributed by atoms with Gasteiger partial charge in [0.1, 0.15) is 5.82 Å². The normalized spacial score (nSPS) is 12.8. The minimum absolute atomic E-state index is 0.141. The zero-order chi connectivity index (χ0) is 11.7. The van der Waals surface area contributed by atoms with Gasteiger partial charge in [-0.1, -0.05) is 20.8 Å². The van der Waals surface area contributed by atoms with Crippen LogP contribution in [0.3, 0.4) is 0 Å². The van der Waals surface area contributed by atoms with E-state index in [2.05, 4.69) is 9.97 Å². The van der Waals surface area contributed by atoms with Crippen LogP contribution in [-0.2, 0) is 20.2 Å². The van der Waals surface area contributed by atoms with Gasteiger partial charge in [-0.25, -0.2) is 18.4 Å². The molecule has 0 aliphatic heterocycles. The van der Waals surface area contributed by atoms with Crippen molar-refractivity contribution in [2.24, 2.45) is 0 Å². The molecule has 0 saturated heterocycles. The Labute approximate surface area is 94.1 Å². The molecule has 84 valence electrons. The second kappa shape index (κ2) is 4.06. The van der Waals surface area contributed by atoms with Crippen LogP contribution in [0.5, 0.6) is 0 Å². The van der Waals surface area contributed by atoms with Crippen LogP contribution in [0.1, 0.15) is 32.2 Å². The van der Waals surface area contributed by atoms with Gasteiger partial charge in [-0.3, -0.25) is 0 Å². The fraction of sp³-hybridized carbons (Fsp3) is 0.556. The number of rotatable bonds is 2. The lowest BCUT2D eigenvalue weighted by molar-refractivity contribution is 0.544. The monoisotopic (exact) mass is 248 g/mol. The zero-order valence-electron chi connectivity index (χ0n) is 8.86. The van der Waals surface area contributed by atoms with Crippen molar-refractivity contribution >= 4 is 19.7 Å². The SMILES string of the molecule is CC(C)(C)c1ncc(CS(=O)(=O)Cl)cn1. The fourth-order valence-electron chi connectivity index (χ4n) is 1.02. The highest BCUT2D eigenvalue weighted by molar-refractivity contribution is 8.13. The summed E-state index contributed by atoms with van der Waals surface area (Å²) >= 11 is 0. The van der Waals surface area contributed by atoms with Crippen molar-refractivity contribution in [1.82, 2.24) is 9.97 Å². The molecule has 6 heteroatoms. The first kappa shape index (κ1) is 12.4. The van der Waals surface area contributed by atoms with E-state index in [1.54, 1.807) is 0 Å². The molecule has 0 amide bonds. The molecule has 0 aliphatic rings. The molecule has 1 aromatic heterocycles.